The standard InChI is InChI=1S/C26H23NO/c1-20(28)23-12-13-25-17-26(15-14-24(25)16-23)27(18-21-8-4-2-5-9-21)19-22-10-6-3-7-11-22/h2-17H,18-19H2,1H3. The molecule has 0 N–H and O–H groups in total. The summed E-state index contributed by atoms with van der Waals surface area (Å²) < 4.78 is 0. The van der Waals surface area contributed by atoms with Crippen LogP contribution in [0.25, 0.3) is 10.8 Å². The van der Waals surface area contributed by atoms with E-state index in [1.54, 1.807) is 6.92 Å². The quantitative estimate of drug-likeness (QED) is 0.376. The lowest BCUT2D eigenvalue weighted by atomic mass is 10.0. The molecule has 138 valence electrons. The summed E-state index contributed by atoms with van der Waals surface area (Å²) in [5.74, 6) is 0.0979. The van der Waals surface area contributed by atoms with E-state index in [9.17, 15) is 4.79 Å². The van der Waals surface area contributed by atoms with Gasteiger partial charge in [-0.15, -0.1) is 0 Å². The Hall–Kier alpha value is -3.39. The Kier molecular flexibility index (Phi) is 5.20. The van der Waals surface area contributed by atoms with E-state index in [4.69, 9.17) is 0 Å². The van der Waals surface area contributed by atoms with Crippen molar-refractivity contribution in [3.05, 3.63) is 114 Å². The lowest BCUT2D eigenvalue weighted by Crippen LogP contribution is -2.22. The molecule has 0 bridgehead atoms. The van der Waals surface area contributed by atoms with E-state index >= 15 is 0 Å². The Labute approximate surface area is 166 Å². The van der Waals surface area contributed by atoms with Gasteiger partial charge in [0.15, 0.2) is 5.78 Å². The molecule has 4 aromatic carbocycles. The van der Waals surface area contributed by atoms with Gasteiger partial charge in [-0.25, -0.2) is 0 Å². The van der Waals surface area contributed by atoms with Crippen molar-refractivity contribution in [2.45, 2.75) is 20.0 Å². The number of anilines is 1. The Morgan fingerprint density at radius 1 is 0.679 bits per heavy atom. The number of Topliss-reactive ketones (excluding diaryl/α,β-unsaturated/α-hetero) is 1. The van der Waals surface area contributed by atoms with Crippen molar-refractivity contribution in [2.75, 3.05) is 4.90 Å². The third-order valence-corrected chi connectivity index (χ3v) is 5.03. The maximum Gasteiger partial charge on any atom is 0.159 e. The zero-order valence-electron chi connectivity index (χ0n) is 16.0. The normalized spacial score (nSPS) is 10.8. The van der Waals surface area contributed by atoms with E-state index in [0.717, 1.165) is 29.4 Å². The average Bonchev–Trinajstić information content (AvgIpc) is 2.74. The fraction of sp³-hybridized carbons (Fsp3) is 0.115. The highest BCUT2D eigenvalue weighted by Gasteiger charge is 2.10. The van der Waals surface area contributed by atoms with Crippen molar-refractivity contribution in [3.63, 3.8) is 0 Å². The second-order valence-electron chi connectivity index (χ2n) is 7.13. The van der Waals surface area contributed by atoms with Crippen LogP contribution < -0.4 is 4.90 Å². The topological polar surface area (TPSA) is 20.3 Å². The van der Waals surface area contributed by atoms with Crippen molar-refractivity contribution in [3.8, 4) is 0 Å². The molecule has 2 heteroatoms. The zero-order valence-corrected chi connectivity index (χ0v) is 16.0. The molecular formula is C26H23NO. The minimum atomic E-state index is 0.0979. The van der Waals surface area contributed by atoms with Crippen LogP contribution in [0.2, 0.25) is 0 Å². The molecule has 4 aromatic rings. The zero-order chi connectivity index (χ0) is 19.3. The average molecular weight is 365 g/mol. The van der Waals surface area contributed by atoms with E-state index in [2.05, 4.69) is 71.6 Å². The van der Waals surface area contributed by atoms with Crippen molar-refractivity contribution in [1.29, 1.82) is 0 Å². The van der Waals surface area contributed by atoms with Gasteiger partial charge < -0.3 is 4.90 Å². The molecule has 0 radical (unpaired) electrons. The molecule has 4 rings (SSSR count). The number of hydrogen-bond donors (Lipinski definition) is 0. The maximum absolute atomic E-state index is 11.7. The predicted octanol–water partition coefficient (Wildman–Crippen LogP) is 6.25. The highest BCUT2D eigenvalue weighted by atomic mass is 16.1. The van der Waals surface area contributed by atoms with Crippen LogP contribution in [0, 0.1) is 0 Å². The molecule has 28 heavy (non-hydrogen) atoms. The number of hydrogen-bond acceptors (Lipinski definition) is 2. The molecule has 2 nitrogen and oxygen atoms in total. The second-order valence-corrected chi connectivity index (χ2v) is 7.13. The number of benzene rings is 4. The van der Waals surface area contributed by atoms with Gasteiger partial charge in [0.1, 0.15) is 0 Å². The lowest BCUT2D eigenvalue weighted by Gasteiger charge is -2.26. The van der Waals surface area contributed by atoms with Crippen LogP contribution in [-0.4, -0.2) is 5.78 Å². The van der Waals surface area contributed by atoms with E-state index in [-0.39, 0.29) is 5.78 Å². The van der Waals surface area contributed by atoms with Crippen LogP contribution in [0.3, 0.4) is 0 Å². The molecule has 0 spiro atoms. The monoisotopic (exact) mass is 365 g/mol. The van der Waals surface area contributed by atoms with Crippen molar-refractivity contribution < 1.29 is 4.79 Å². The molecule has 0 atom stereocenters. The van der Waals surface area contributed by atoms with Gasteiger partial charge in [0.2, 0.25) is 0 Å². The number of rotatable bonds is 6. The molecule has 0 aliphatic heterocycles. The van der Waals surface area contributed by atoms with E-state index in [1.165, 1.54) is 16.8 Å². The second kappa shape index (κ2) is 8.10. The van der Waals surface area contributed by atoms with Crippen molar-refractivity contribution in [2.24, 2.45) is 0 Å². The first-order chi connectivity index (χ1) is 13.7. The summed E-state index contributed by atoms with van der Waals surface area (Å²) in [4.78, 5) is 14.1. The Bertz CT molecular complexity index is 1050. The summed E-state index contributed by atoms with van der Waals surface area (Å²) in [5, 5.41) is 2.24. The first-order valence-corrected chi connectivity index (χ1v) is 9.56. The minimum absolute atomic E-state index is 0.0979. The Morgan fingerprint density at radius 3 is 1.79 bits per heavy atom. The summed E-state index contributed by atoms with van der Waals surface area (Å²) in [6, 6.07) is 33.5. The summed E-state index contributed by atoms with van der Waals surface area (Å²) in [6.07, 6.45) is 0. The molecule has 0 unspecified atom stereocenters. The summed E-state index contributed by atoms with van der Waals surface area (Å²) in [6.45, 7) is 3.29. The highest BCUT2D eigenvalue weighted by molar-refractivity contribution is 5.99. The Balaban J connectivity index is 1.70. The minimum Gasteiger partial charge on any atom is -0.363 e. The smallest absolute Gasteiger partial charge is 0.159 e. The number of carbonyl (C=O) groups is 1. The van der Waals surface area contributed by atoms with Gasteiger partial charge >= 0.3 is 0 Å². The van der Waals surface area contributed by atoms with E-state index < -0.39 is 0 Å². The molecular weight excluding hydrogens is 342 g/mol. The Morgan fingerprint density at radius 2 is 1.21 bits per heavy atom. The van der Waals surface area contributed by atoms with Gasteiger partial charge in [0.25, 0.3) is 0 Å². The van der Waals surface area contributed by atoms with Crippen molar-refractivity contribution >= 4 is 22.2 Å². The molecule has 0 amide bonds. The van der Waals surface area contributed by atoms with Crippen LogP contribution in [0.5, 0.6) is 0 Å². The van der Waals surface area contributed by atoms with E-state index in [1.807, 2.05) is 30.3 Å². The first kappa shape index (κ1) is 18.0. The number of fused-ring (bicyclic) bond motifs is 1. The van der Waals surface area contributed by atoms with Crippen LogP contribution in [0.4, 0.5) is 5.69 Å². The summed E-state index contributed by atoms with van der Waals surface area (Å²) in [7, 11) is 0. The molecule has 0 aromatic heterocycles. The SMILES string of the molecule is CC(=O)c1ccc2cc(N(Cc3ccccc3)Cc3ccccc3)ccc2c1. The molecule has 0 saturated heterocycles. The molecule has 0 aliphatic carbocycles. The third-order valence-electron chi connectivity index (χ3n) is 5.03. The first-order valence-electron chi connectivity index (χ1n) is 9.56. The summed E-state index contributed by atoms with van der Waals surface area (Å²) >= 11 is 0. The van der Waals surface area contributed by atoms with Gasteiger partial charge in [-0.1, -0.05) is 78.9 Å². The molecule has 0 aliphatic rings. The fourth-order valence-electron chi connectivity index (χ4n) is 3.49. The van der Waals surface area contributed by atoms with Crippen molar-refractivity contribution in [1.82, 2.24) is 0 Å². The summed E-state index contributed by atoms with van der Waals surface area (Å²) in [5.41, 5.74) is 4.50. The third kappa shape index (κ3) is 4.12. The number of nitrogens with zero attached hydrogens (tertiary/aromatic N) is 1. The predicted molar refractivity (Wildman–Crippen MR) is 117 cm³/mol. The van der Waals surface area contributed by atoms with Crippen LogP contribution in [-0.2, 0) is 13.1 Å². The van der Waals surface area contributed by atoms with Gasteiger partial charge in [-0.3, -0.25) is 4.79 Å². The molecule has 0 heterocycles. The van der Waals surface area contributed by atoms with Gasteiger partial charge in [-0.2, -0.15) is 0 Å². The number of carbonyl (C=O) groups excluding carboxylic acids is 1. The van der Waals surface area contributed by atoms with Crippen LogP contribution in [0.15, 0.2) is 97.1 Å². The molecule has 0 fully saturated rings. The highest BCUT2D eigenvalue weighted by Crippen LogP contribution is 2.26. The van der Waals surface area contributed by atoms with Gasteiger partial charge in [0.05, 0.1) is 0 Å². The number of ketones is 1. The maximum atomic E-state index is 11.7. The largest absolute Gasteiger partial charge is 0.363 e. The van der Waals surface area contributed by atoms with E-state index in [0.29, 0.717) is 0 Å². The van der Waals surface area contributed by atoms with Crippen LogP contribution in [0.1, 0.15) is 28.4 Å². The van der Waals surface area contributed by atoms with Crippen LogP contribution >= 0.6 is 0 Å². The lowest BCUT2D eigenvalue weighted by molar-refractivity contribution is 0.101. The van der Waals surface area contributed by atoms with Gasteiger partial charge in [-0.05, 0) is 47.0 Å². The fourth-order valence-corrected chi connectivity index (χ4v) is 3.49. The molecule has 0 saturated carbocycles. The van der Waals surface area contributed by atoms with Gasteiger partial charge in [0, 0.05) is 24.3 Å².